The molecular weight excluding hydrogens is 404 g/mol. The van der Waals surface area contributed by atoms with E-state index in [1.54, 1.807) is 30.2 Å². The van der Waals surface area contributed by atoms with E-state index in [2.05, 4.69) is 11.0 Å². The minimum atomic E-state index is -0.344. The molecule has 0 spiro atoms. The van der Waals surface area contributed by atoms with Crippen LogP contribution in [0.1, 0.15) is 17.3 Å². The molecule has 150 valence electrons. The summed E-state index contributed by atoms with van der Waals surface area (Å²) < 4.78 is 6.15. The molecule has 2 aromatic rings. The van der Waals surface area contributed by atoms with Crippen molar-refractivity contribution in [2.45, 2.75) is 11.8 Å². The second-order valence-corrected chi connectivity index (χ2v) is 9.88. The highest BCUT2D eigenvalue weighted by Gasteiger charge is 2.36. The molecular formula is C22H22N2O3S2. The maximum absolute atomic E-state index is 13.2. The molecule has 1 atom stereocenters. The standard InChI is InChI=1S/C22H22N2O3S2/c1-4-24-20(13-18(25)15-8-6-5-7-9-15)28-22(21(24)26)29-14-23(2)17-12-16(27-3)10-11-19(17)29/h5-13H,4,14H2,1-3H3. The number of nitrogens with zero attached hydrogens (tertiary/aromatic N) is 2. The Kier molecular flexibility index (Phi) is 5.52. The molecule has 1 amide bonds. The van der Waals surface area contributed by atoms with Gasteiger partial charge in [-0.25, -0.2) is 0 Å². The average molecular weight is 427 g/mol. The maximum atomic E-state index is 13.2. The van der Waals surface area contributed by atoms with E-state index < -0.39 is 0 Å². The Morgan fingerprint density at radius 2 is 2.00 bits per heavy atom. The van der Waals surface area contributed by atoms with Crippen molar-refractivity contribution in [1.82, 2.24) is 4.90 Å². The molecule has 2 aromatic carbocycles. The first-order chi connectivity index (χ1) is 14.0. The Hall–Kier alpha value is -2.51. The Morgan fingerprint density at radius 1 is 1.24 bits per heavy atom. The molecule has 2 aliphatic heterocycles. The third-order valence-corrected chi connectivity index (χ3v) is 8.81. The van der Waals surface area contributed by atoms with Gasteiger partial charge in [-0.1, -0.05) is 42.1 Å². The summed E-state index contributed by atoms with van der Waals surface area (Å²) in [5.74, 6) is 1.48. The van der Waals surface area contributed by atoms with Gasteiger partial charge >= 0.3 is 0 Å². The summed E-state index contributed by atoms with van der Waals surface area (Å²) in [5.41, 5.74) is 1.72. The van der Waals surface area contributed by atoms with E-state index in [0.29, 0.717) is 17.1 Å². The lowest BCUT2D eigenvalue weighted by molar-refractivity contribution is -0.120. The number of amides is 1. The van der Waals surface area contributed by atoms with Crippen molar-refractivity contribution in [1.29, 1.82) is 0 Å². The van der Waals surface area contributed by atoms with Crippen LogP contribution < -0.4 is 9.64 Å². The smallest absolute Gasteiger partial charge is 0.271 e. The van der Waals surface area contributed by atoms with E-state index in [0.717, 1.165) is 26.4 Å². The summed E-state index contributed by atoms with van der Waals surface area (Å²) in [4.78, 5) is 30.8. The van der Waals surface area contributed by atoms with Crippen LogP contribution in [0.4, 0.5) is 5.69 Å². The van der Waals surface area contributed by atoms with E-state index in [4.69, 9.17) is 4.74 Å². The number of allylic oxidation sites excluding steroid dienone is 1. The fourth-order valence-corrected chi connectivity index (χ4v) is 7.35. The summed E-state index contributed by atoms with van der Waals surface area (Å²) in [6.07, 6.45) is 1.59. The quantitative estimate of drug-likeness (QED) is 0.417. The largest absolute Gasteiger partial charge is 0.497 e. The fourth-order valence-electron chi connectivity index (χ4n) is 3.39. The van der Waals surface area contributed by atoms with Gasteiger partial charge in [-0.2, -0.15) is 0 Å². The lowest BCUT2D eigenvalue weighted by atomic mass is 10.1. The Balaban J connectivity index is 1.73. The van der Waals surface area contributed by atoms with Gasteiger partial charge in [0, 0.05) is 36.2 Å². The van der Waals surface area contributed by atoms with Crippen molar-refractivity contribution < 1.29 is 14.3 Å². The molecule has 0 radical (unpaired) electrons. The summed E-state index contributed by atoms with van der Waals surface area (Å²) in [7, 11) is 3.34. The van der Waals surface area contributed by atoms with E-state index in [1.165, 1.54) is 11.8 Å². The van der Waals surface area contributed by atoms with Crippen LogP contribution in [0.2, 0.25) is 0 Å². The molecule has 29 heavy (non-hydrogen) atoms. The van der Waals surface area contributed by atoms with Gasteiger partial charge in [0.2, 0.25) is 0 Å². The van der Waals surface area contributed by atoms with Crippen LogP contribution in [-0.2, 0) is 4.79 Å². The number of ketones is 1. The minimum Gasteiger partial charge on any atom is -0.497 e. The van der Waals surface area contributed by atoms with Crippen molar-refractivity contribution in [2.24, 2.45) is 0 Å². The second-order valence-electron chi connectivity index (χ2n) is 6.70. The number of rotatable bonds is 4. The summed E-state index contributed by atoms with van der Waals surface area (Å²) >= 11 is 1.44. The van der Waals surface area contributed by atoms with Gasteiger partial charge in [0.1, 0.15) is 9.95 Å². The average Bonchev–Trinajstić information content (AvgIpc) is 3.24. The second kappa shape index (κ2) is 8.08. The van der Waals surface area contributed by atoms with Gasteiger partial charge in [-0.05, 0) is 19.1 Å². The molecule has 4 rings (SSSR count). The van der Waals surface area contributed by atoms with Crippen molar-refractivity contribution in [3.05, 3.63) is 65.2 Å². The molecule has 0 saturated carbocycles. The first-order valence-electron chi connectivity index (χ1n) is 9.31. The Morgan fingerprint density at radius 3 is 2.69 bits per heavy atom. The van der Waals surface area contributed by atoms with Crippen molar-refractivity contribution in [2.75, 3.05) is 31.5 Å². The van der Waals surface area contributed by atoms with Gasteiger partial charge in [0.05, 0.1) is 23.7 Å². The number of hydrogen-bond acceptors (Lipinski definition) is 5. The molecule has 1 saturated heterocycles. The van der Waals surface area contributed by atoms with Crippen LogP contribution in [0, 0.1) is 0 Å². The maximum Gasteiger partial charge on any atom is 0.271 e. The Labute approximate surface area is 177 Å². The first-order valence-corrected chi connectivity index (χ1v) is 11.5. The molecule has 0 aliphatic carbocycles. The van der Waals surface area contributed by atoms with Crippen LogP contribution in [0.3, 0.4) is 0 Å². The van der Waals surface area contributed by atoms with E-state index in [-0.39, 0.29) is 22.2 Å². The molecule has 2 heterocycles. The molecule has 0 N–H and O–H groups in total. The van der Waals surface area contributed by atoms with E-state index in [9.17, 15) is 9.59 Å². The van der Waals surface area contributed by atoms with Gasteiger partial charge < -0.3 is 14.5 Å². The molecule has 2 aliphatic rings. The first kappa shape index (κ1) is 19.8. The van der Waals surface area contributed by atoms with Crippen LogP contribution in [0.15, 0.2) is 64.5 Å². The number of carbonyl (C=O) groups excluding carboxylic acids is 2. The number of anilines is 1. The lowest BCUT2D eigenvalue weighted by Gasteiger charge is -2.13. The number of hydrogen-bond donors (Lipinski definition) is 0. The summed E-state index contributed by atoms with van der Waals surface area (Å²) in [6, 6.07) is 15.2. The molecule has 0 aromatic heterocycles. The predicted molar refractivity (Wildman–Crippen MR) is 121 cm³/mol. The minimum absolute atomic E-state index is 0.00464. The zero-order valence-electron chi connectivity index (χ0n) is 16.5. The monoisotopic (exact) mass is 426 g/mol. The molecule has 0 bridgehead atoms. The highest BCUT2D eigenvalue weighted by molar-refractivity contribution is 8.37. The highest BCUT2D eigenvalue weighted by atomic mass is 32.2. The highest BCUT2D eigenvalue weighted by Crippen LogP contribution is 2.49. The predicted octanol–water partition coefficient (Wildman–Crippen LogP) is 4.18. The number of fused-ring (bicyclic) bond motifs is 1. The van der Waals surface area contributed by atoms with Crippen LogP contribution in [0.5, 0.6) is 5.75 Å². The van der Waals surface area contributed by atoms with Crippen LogP contribution in [0.25, 0.3) is 0 Å². The fraction of sp³-hybridized carbons (Fsp3) is 0.227. The summed E-state index contributed by atoms with van der Waals surface area (Å²) in [5, 5.41) is 0.707. The van der Waals surface area contributed by atoms with Gasteiger partial charge in [-0.15, -0.1) is 10.5 Å². The van der Waals surface area contributed by atoms with E-state index in [1.807, 2.05) is 44.3 Å². The lowest BCUT2D eigenvalue weighted by Crippen LogP contribution is -2.26. The van der Waals surface area contributed by atoms with Gasteiger partial charge in [0.15, 0.2) is 5.78 Å². The zero-order valence-corrected chi connectivity index (χ0v) is 18.2. The number of benzene rings is 2. The number of ether oxygens (including phenoxy) is 1. The third-order valence-electron chi connectivity index (χ3n) is 4.90. The van der Waals surface area contributed by atoms with Crippen LogP contribution >= 0.6 is 22.2 Å². The van der Waals surface area contributed by atoms with E-state index >= 15 is 0 Å². The zero-order chi connectivity index (χ0) is 20.5. The van der Waals surface area contributed by atoms with Crippen molar-refractivity contribution >= 4 is 43.8 Å². The molecule has 1 fully saturated rings. The molecule has 5 nitrogen and oxygen atoms in total. The number of thioether (sulfide) groups is 1. The van der Waals surface area contributed by atoms with Gasteiger partial charge in [-0.3, -0.25) is 9.59 Å². The van der Waals surface area contributed by atoms with Gasteiger partial charge in [0.25, 0.3) is 5.91 Å². The normalized spacial score (nSPS) is 21.1. The SMILES string of the molecule is CCN1C(=O)C(=S2CN(C)c3cc(OC)ccc32)SC1=CC(=O)c1ccccc1. The number of methoxy groups -OCH3 is 1. The van der Waals surface area contributed by atoms with Crippen LogP contribution in [-0.4, -0.2) is 47.4 Å². The molecule has 1 unspecified atom stereocenters. The number of carbonyl (C=O) groups is 2. The topological polar surface area (TPSA) is 49.9 Å². The Bertz CT molecular complexity index is 1050. The van der Waals surface area contributed by atoms with Crippen molar-refractivity contribution in [3.63, 3.8) is 0 Å². The molecule has 7 heteroatoms. The summed E-state index contributed by atoms with van der Waals surface area (Å²) in [6.45, 7) is 2.47. The third kappa shape index (κ3) is 3.60. The van der Waals surface area contributed by atoms with Crippen molar-refractivity contribution in [3.8, 4) is 5.75 Å².